The van der Waals surface area contributed by atoms with E-state index in [0.717, 1.165) is 30.8 Å². The van der Waals surface area contributed by atoms with Gasteiger partial charge in [-0.25, -0.2) is 4.39 Å². The molecule has 1 aliphatic rings. The largest absolute Gasteiger partial charge is 0.495 e. The topological polar surface area (TPSA) is 41.6 Å². The van der Waals surface area contributed by atoms with Gasteiger partial charge in [-0.3, -0.25) is 4.79 Å². The summed E-state index contributed by atoms with van der Waals surface area (Å²) in [5.74, 6) is 0.239. The number of benzene rings is 2. The fourth-order valence-electron chi connectivity index (χ4n) is 2.96. The first-order valence-corrected chi connectivity index (χ1v) is 7.63. The van der Waals surface area contributed by atoms with E-state index in [9.17, 15) is 9.18 Å². The number of methoxy groups -OCH3 is 1. The molecule has 0 aromatic heterocycles. The normalized spacial score (nSPS) is 13.4. The highest BCUT2D eigenvalue weighted by molar-refractivity contribution is 5.94. The number of nitrogens with zero attached hydrogens (tertiary/aromatic N) is 1. The summed E-state index contributed by atoms with van der Waals surface area (Å²) in [6.45, 7) is 1.01. The van der Waals surface area contributed by atoms with Crippen LogP contribution in [0.2, 0.25) is 0 Å². The van der Waals surface area contributed by atoms with Crippen LogP contribution in [0.5, 0.6) is 5.75 Å². The lowest BCUT2D eigenvalue weighted by molar-refractivity contribution is -0.115. The maximum atomic E-state index is 13.2. The minimum absolute atomic E-state index is 0.172. The molecule has 0 fully saturated rings. The smallest absolute Gasteiger partial charge is 0.243 e. The van der Waals surface area contributed by atoms with Crippen LogP contribution in [-0.4, -0.2) is 26.1 Å². The van der Waals surface area contributed by atoms with Crippen LogP contribution in [0.3, 0.4) is 0 Å². The number of rotatable bonds is 4. The summed E-state index contributed by atoms with van der Waals surface area (Å²) in [5.41, 5.74) is 2.64. The lowest BCUT2D eigenvalue weighted by Crippen LogP contribution is -2.37. The van der Waals surface area contributed by atoms with Crippen LogP contribution >= 0.6 is 0 Å². The molecule has 5 heteroatoms. The highest BCUT2D eigenvalue weighted by atomic mass is 19.1. The SMILES string of the molecule is COc1cccc2c1N(CC(=O)Nc1cccc(F)c1)CCC2. The number of halogens is 1. The van der Waals surface area contributed by atoms with Gasteiger partial charge in [0.15, 0.2) is 0 Å². The van der Waals surface area contributed by atoms with Gasteiger partial charge in [-0.05, 0) is 42.7 Å². The van der Waals surface area contributed by atoms with Gasteiger partial charge >= 0.3 is 0 Å². The summed E-state index contributed by atoms with van der Waals surface area (Å²) in [4.78, 5) is 14.3. The van der Waals surface area contributed by atoms with Gasteiger partial charge in [0.1, 0.15) is 11.6 Å². The number of nitrogens with one attached hydrogen (secondary N) is 1. The Labute approximate surface area is 134 Å². The Hall–Kier alpha value is -2.56. The zero-order chi connectivity index (χ0) is 16.2. The van der Waals surface area contributed by atoms with E-state index in [0.29, 0.717) is 5.69 Å². The van der Waals surface area contributed by atoms with Gasteiger partial charge in [-0.2, -0.15) is 0 Å². The van der Waals surface area contributed by atoms with Crippen LogP contribution in [0.4, 0.5) is 15.8 Å². The molecule has 1 aliphatic heterocycles. The molecule has 23 heavy (non-hydrogen) atoms. The van der Waals surface area contributed by atoms with Gasteiger partial charge in [0, 0.05) is 12.2 Å². The molecule has 0 aliphatic carbocycles. The predicted molar refractivity (Wildman–Crippen MR) is 88.6 cm³/mol. The van der Waals surface area contributed by atoms with Crippen molar-refractivity contribution >= 4 is 17.3 Å². The zero-order valence-corrected chi connectivity index (χ0v) is 13.0. The second-order valence-electron chi connectivity index (χ2n) is 5.55. The van der Waals surface area contributed by atoms with E-state index in [4.69, 9.17) is 4.74 Å². The molecule has 2 aromatic carbocycles. The second kappa shape index (κ2) is 6.69. The average Bonchev–Trinajstić information content (AvgIpc) is 2.54. The highest BCUT2D eigenvalue weighted by Crippen LogP contribution is 2.35. The van der Waals surface area contributed by atoms with Crippen molar-refractivity contribution in [3.05, 3.63) is 53.8 Å². The van der Waals surface area contributed by atoms with Gasteiger partial charge in [0.05, 0.1) is 19.3 Å². The van der Waals surface area contributed by atoms with Crippen LogP contribution in [0, 0.1) is 5.82 Å². The van der Waals surface area contributed by atoms with Crippen LogP contribution in [0.25, 0.3) is 0 Å². The van der Waals surface area contributed by atoms with Crippen molar-refractivity contribution in [2.75, 3.05) is 30.4 Å². The Morgan fingerprint density at radius 1 is 1.30 bits per heavy atom. The number of hydrogen-bond acceptors (Lipinski definition) is 3. The van der Waals surface area contributed by atoms with Crippen molar-refractivity contribution in [3.63, 3.8) is 0 Å². The molecule has 0 radical (unpaired) electrons. The van der Waals surface area contributed by atoms with Crippen molar-refractivity contribution in [2.45, 2.75) is 12.8 Å². The van der Waals surface area contributed by atoms with E-state index in [1.165, 1.54) is 17.7 Å². The predicted octanol–water partition coefficient (Wildman–Crippen LogP) is 3.23. The van der Waals surface area contributed by atoms with E-state index in [2.05, 4.69) is 11.4 Å². The van der Waals surface area contributed by atoms with E-state index in [-0.39, 0.29) is 18.3 Å². The molecular formula is C18H19FN2O2. The van der Waals surface area contributed by atoms with Crippen LogP contribution in [0.1, 0.15) is 12.0 Å². The number of anilines is 2. The Morgan fingerprint density at radius 2 is 2.13 bits per heavy atom. The lowest BCUT2D eigenvalue weighted by atomic mass is 10.0. The number of carbonyl (C=O) groups excluding carboxylic acids is 1. The molecule has 0 saturated carbocycles. The standard InChI is InChI=1S/C18H19FN2O2/c1-23-16-9-2-5-13-6-4-10-21(18(13)16)12-17(22)20-15-8-3-7-14(19)11-15/h2-3,5,7-9,11H,4,6,10,12H2,1H3,(H,20,22). The molecule has 0 spiro atoms. The number of para-hydroxylation sites is 1. The molecule has 4 nitrogen and oxygen atoms in total. The monoisotopic (exact) mass is 314 g/mol. The first-order valence-electron chi connectivity index (χ1n) is 7.63. The molecule has 0 atom stereocenters. The molecule has 3 rings (SSSR count). The first-order chi connectivity index (χ1) is 11.2. The van der Waals surface area contributed by atoms with Crippen molar-refractivity contribution < 1.29 is 13.9 Å². The molecule has 120 valence electrons. The van der Waals surface area contributed by atoms with Crippen LogP contribution < -0.4 is 15.0 Å². The van der Waals surface area contributed by atoms with Gasteiger partial charge in [0.2, 0.25) is 5.91 Å². The summed E-state index contributed by atoms with van der Waals surface area (Å²) >= 11 is 0. The van der Waals surface area contributed by atoms with E-state index >= 15 is 0 Å². The second-order valence-corrected chi connectivity index (χ2v) is 5.55. The van der Waals surface area contributed by atoms with Crippen molar-refractivity contribution in [1.29, 1.82) is 0 Å². The minimum Gasteiger partial charge on any atom is -0.495 e. The first kappa shape index (κ1) is 15.3. The van der Waals surface area contributed by atoms with E-state index in [1.807, 2.05) is 17.0 Å². The summed E-state index contributed by atoms with van der Waals surface area (Å²) in [6.07, 6.45) is 1.97. The summed E-state index contributed by atoms with van der Waals surface area (Å²) in [7, 11) is 1.63. The molecule has 1 N–H and O–H groups in total. The average molecular weight is 314 g/mol. The Bertz CT molecular complexity index is 704. The van der Waals surface area contributed by atoms with Crippen LogP contribution in [-0.2, 0) is 11.2 Å². The maximum absolute atomic E-state index is 13.2. The van der Waals surface area contributed by atoms with Gasteiger partial charge in [-0.15, -0.1) is 0 Å². The molecule has 0 saturated heterocycles. The number of fused-ring (bicyclic) bond motifs is 1. The van der Waals surface area contributed by atoms with Gasteiger partial charge in [0.25, 0.3) is 0 Å². The minimum atomic E-state index is -0.368. The Balaban J connectivity index is 1.75. The highest BCUT2D eigenvalue weighted by Gasteiger charge is 2.22. The van der Waals surface area contributed by atoms with E-state index in [1.54, 1.807) is 19.2 Å². The zero-order valence-electron chi connectivity index (χ0n) is 13.0. The fourth-order valence-corrected chi connectivity index (χ4v) is 2.96. The number of aryl methyl sites for hydroxylation is 1. The number of hydrogen-bond donors (Lipinski definition) is 1. The molecule has 2 aromatic rings. The van der Waals surface area contributed by atoms with Crippen molar-refractivity contribution in [1.82, 2.24) is 0 Å². The molecule has 1 heterocycles. The van der Waals surface area contributed by atoms with Gasteiger partial charge < -0.3 is 15.0 Å². The summed E-state index contributed by atoms with van der Waals surface area (Å²) in [6, 6.07) is 11.8. The molecule has 1 amide bonds. The third-order valence-electron chi connectivity index (χ3n) is 3.94. The molecular weight excluding hydrogens is 295 g/mol. The number of ether oxygens (including phenoxy) is 1. The summed E-state index contributed by atoms with van der Waals surface area (Å²) < 4.78 is 18.6. The van der Waals surface area contributed by atoms with Crippen molar-refractivity contribution in [2.24, 2.45) is 0 Å². The van der Waals surface area contributed by atoms with Gasteiger partial charge in [-0.1, -0.05) is 18.2 Å². The number of carbonyl (C=O) groups is 1. The number of amides is 1. The Kier molecular flexibility index (Phi) is 4.46. The lowest BCUT2D eigenvalue weighted by Gasteiger charge is -2.32. The molecule has 0 unspecified atom stereocenters. The molecule has 0 bridgehead atoms. The van der Waals surface area contributed by atoms with E-state index < -0.39 is 0 Å². The summed E-state index contributed by atoms with van der Waals surface area (Å²) in [5, 5.41) is 2.74. The van der Waals surface area contributed by atoms with Crippen LogP contribution in [0.15, 0.2) is 42.5 Å². The fraction of sp³-hybridized carbons (Fsp3) is 0.278. The Morgan fingerprint density at radius 3 is 2.91 bits per heavy atom. The van der Waals surface area contributed by atoms with Crippen molar-refractivity contribution in [3.8, 4) is 5.75 Å². The third-order valence-corrected chi connectivity index (χ3v) is 3.94. The third kappa shape index (κ3) is 3.44. The quantitative estimate of drug-likeness (QED) is 0.942. The maximum Gasteiger partial charge on any atom is 0.243 e.